The molecule has 21 N–H and O–H groups in total. The fourth-order valence-electron chi connectivity index (χ4n) is 13.2. The standard InChI is InChI=1S/C75H99N19O19S3/c1-7-36(2)61(92-74(112)62(38(4)95)93-70(108)49(24-41-30-79-46-18-10-8-16-44(41)46)85-65(103)48(21-23-114-6)83-39(5)96)73(111)91-56-34-116-115-33-55(72(110)89-54(75(113)94-22-13-20-57(94)63(77)101)25-42-31-80-47-19-11-9-17-45(42)47)90-69(107)53(29-60(99)100)88-67(105)50(26-43-32-78-35-81-43)84-64(102)37(3)82-66(104)52(28-59(76)98)87-68(106)51(86-71(56)109)27-58(97)40-14-12-15-40/h8-11,14,16-19,30-32,35-38,48-57,61-62,79-80,95H,7,12-13,15,20-29,33-34H2,1-6H3,(H2,76,98)(H2,77,101)(H,78,81)(H,82,104)(H,83,96)(H,84,102)(H,85,103)(H,86,109)(H,87,106)(H,88,105)(H,89,110)(H,90,107)(H,91,111)(H,92,112)(H,93,108)(H,99,100)/t36-,37-,38+,48-,49-,50-,51-,52-,53-,54-,55-,56-,57-,61-,62-/m0/s1. The number of aromatic amines is 3. The molecule has 116 heavy (non-hydrogen) atoms. The molecule has 3 aromatic heterocycles. The number of rotatable bonds is 32. The van der Waals surface area contributed by atoms with E-state index in [2.05, 4.69) is 83.7 Å². The predicted molar refractivity (Wildman–Crippen MR) is 427 cm³/mol. The minimum atomic E-state index is -2.07. The van der Waals surface area contributed by atoms with Gasteiger partial charge in [0.1, 0.15) is 78.5 Å². The Morgan fingerprint density at radius 3 is 1.80 bits per heavy atom. The second-order valence-electron chi connectivity index (χ2n) is 28.6. The molecule has 0 unspecified atom stereocenters. The summed E-state index contributed by atoms with van der Waals surface area (Å²) in [4.78, 5) is 256. The predicted octanol–water partition coefficient (Wildman–Crippen LogP) is -2.66. The lowest BCUT2D eigenvalue weighted by atomic mass is 9.91. The number of fused-ring (bicyclic) bond motifs is 2. The lowest BCUT2D eigenvalue weighted by Crippen LogP contribution is -2.63. The van der Waals surface area contributed by atoms with Crippen molar-refractivity contribution in [3.8, 4) is 0 Å². The summed E-state index contributed by atoms with van der Waals surface area (Å²) in [7, 11) is 1.47. The Morgan fingerprint density at radius 1 is 0.655 bits per heavy atom. The molecule has 0 radical (unpaired) electrons. The van der Waals surface area contributed by atoms with Crippen LogP contribution in [0.4, 0.5) is 0 Å². The molecule has 2 aliphatic heterocycles. The number of thioether (sulfide) groups is 1. The molecule has 2 fully saturated rings. The van der Waals surface area contributed by atoms with E-state index in [-0.39, 0.29) is 56.3 Å². The van der Waals surface area contributed by atoms with Gasteiger partial charge >= 0.3 is 5.97 Å². The van der Waals surface area contributed by atoms with Crippen LogP contribution in [0.15, 0.2) is 85.1 Å². The number of carboxylic acid groups (broad SMARTS) is 1. The van der Waals surface area contributed by atoms with Gasteiger partial charge in [-0.15, -0.1) is 0 Å². The smallest absolute Gasteiger partial charge is 0.305 e. The molecule has 0 spiro atoms. The highest BCUT2D eigenvalue weighted by Gasteiger charge is 2.42. The maximum atomic E-state index is 15.3. The van der Waals surface area contributed by atoms with Gasteiger partial charge in [0.15, 0.2) is 5.78 Å². The second-order valence-corrected chi connectivity index (χ2v) is 32.1. The van der Waals surface area contributed by atoms with Crippen molar-refractivity contribution in [2.45, 2.75) is 196 Å². The van der Waals surface area contributed by atoms with Gasteiger partial charge < -0.3 is 105 Å². The highest BCUT2D eigenvalue weighted by molar-refractivity contribution is 8.76. The number of imidazole rings is 1. The molecule has 626 valence electrons. The number of benzene rings is 2. The number of aliphatic hydroxyl groups excluding tert-OH is 1. The molecule has 15 atom stereocenters. The van der Waals surface area contributed by atoms with Crippen molar-refractivity contribution in [2.24, 2.45) is 17.4 Å². The van der Waals surface area contributed by atoms with Crippen LogP contribution in [-0.2, 0) is 101 Å². The fraction of sp³-hybridized carbons (Fsp3) is 0.493. The van der Waals surface area contributed by atoms with Crippen molar-refractivity contribution >= 4 is 156 Å². The first-order valence-electron chi connectivity index (χ1n) is 37.7. The highest BCUT2D eigenvalue weighted by atomic mass is 33.1. The molecule has 5 heterocycles. The van der Waals surface area contributed by atoms with Crippen LogP contribution in [0.2, 0.25) is 0 Å². The third-order valence-electron chi connectivity index (χ3n) is 19.9. The molecule has 2 aromatic carbocycles. The lowest BCUT2D eigenvalue weighted by molar-refractivity contribution is -0.142. The number of carbonyl (C=O) groups is 17. The van der Waals surface area contributed by atoms with Gasteiger partial charge in [0.05, 0.1) is 25.3 Å². The van der Waals surface area contributed by atoms with E-state index in [9.17, 15) is 77.3 Å². The summed E-state index contributed by atoms with van der Waals surface area (Å²) >= 11 is 1.40. The molecule has 0 saturated carbocycles. The van der Waals surface area contributed by atoms with Crippen LogP contribution < -0.4 is 75.3 Å². The number of carbonyl (C=O) groups excluding carboxylic acids is 16. The van der Waals surface area contributed by atoms with Crippen LogP contribution in [0.1, 0.15) is 109 Å². The number of primary amides is 2. The summed E-state index contributed by atoms with van der Waals surface area (Å²) in [6, 6.07) is -7.71. The zero-order valence-corrected chi connectivity index (χ0v) is 67.0. The number of para-hydroxylation sites is 2. The molecule has 1 aliphatic carbocycles. The van der Waals surface area contributed by atoms with E-state index in [0.717, 1.165) is 28.5 Å². The first-order valence-corrected chi connectivity index (χ1v) is 41.5. The van der Waals surface area contributed by atoms with E-state index < -0.39 is 228 Å². The topological polar surface area (TPSA) is 591 Å². The van der Waals surface area contributed by atoms with E-state index in [0.29, 0.717) is 51.5 Å². The molecule has 5 aromatic rings. The number of aromatic nitrogens is 4. The van der Waals surface area contributed by atoms with Crippen LogP contribution in [0, 0.1) is 5.92 Å². The zero-order valence-electron chi connectivity index (χ0n) is 64.6. The zero-order chi connectivity index (χ0) is 84.6. The Labute approximate surface area is 678 Å². The van der Waals surface area contributed by atoms with E-state index >= 15 is 14.4 Å². The largest absolute Gasteiger partial charge is 0.481 e. The molecular weight excluding hydrogens is 1570 g/mol. The third-order valence-corrected chi connectivity index (χ3v) is 23.0. The van der Waals surface area contributed by atoms with Gasteiger partial charge in [-0.2, -0.15) is 11.8 Å². The molecule has 8 rings (SSSR count). The maximum absolute atomic E-state index is 15.3. The fourth-order valence-corrected chi connectivity index (χ4v) is 16.0. The summed E-state index contributed by atoms with van der Waals surface area (Å²) in [6.07, 6.45) is 5.23. The first-order chi connectivity index (χ1) is 55.2. The van der Waals surface area contributed by atoms with Crippen molar-refractivity contribution < 1.29 is 91.7 Å². The molecule has 0 bridgehead atoms. The van der Waals surface area contributed by atoms with Crippen LogP contribution in [0.3, 0.4) is 0 Å². The lowest BCUT2D eigenvalue weighted by Gasteiger charge is -2.30. The van der Waals surface area contributed by atoms with Crippen LogP contribution in [-0.4, -0.2) is 250 Å². The van der Waals surface area contributed by atoms with Gasteiger partial charge in [0, 0.05) is 96.7 Å². The van der Waals surface area contributed by atoms with Crippen LogP contribution in [0.5, 0.6) is 0 Å². The number of likely N-dealkylation sites (tertiary alicyclic amines) is 1. The molecule has 2 saturated heterocycles. The van der Waals surface area contributed by atoms with Crippen molar-refractivity contribution in [1.82, 2.24) is 88.6 Å². The number of allylic oxidation sites excluding steroid dienone is 2. The monoisotopic (exact) mass is 1670 g/mol. The minimum Gasteiger partial charge on any atom is -0.481 e. The number of aliphatic hydroxyl groups is 1. The number of amides is 15. The number of hydrogen-bond acceptors (Lipinski definition) is 22. The Bertz CT molecular complexity index is 4500. The number of nitrogens with one attached hydrogen (secondary N) is 15. The van der Waals surface area contributed by atoms with Crippen molar-refractivity contribution in [3.63, 3.8) is 0 Å². The quantitative estimate of drug-likeness (QED) is 0.0195. The summed E-state index contributed by atoms with van der Waals surface area (Å²) in [5.74, 6) is -19.6. The average molecular weight is 1670 g/mol. The van der Waals surface area contributed by atoms with Gasteiger partial charge in [-0.05, 0) is 92.7 Å². The van der Waals surface area contributed by atoms with Crippen LogP contribution >= 0.6 is 33.3 Å². The van der Waals surface area contributed by atoms with Crippen molar-refractivity contribution in [1.29, 1.82) is 0 Å². The minimum absolute atomic E-state index is 0.0519. The number of ketones is 1. The normalized spacial score (nSPS) is 21.9. The Kier molecular flexibility index (Phi) is 33.3. The number of nitrogens with zero attached hydrogens (tertiary/aromatic N) is 2. The molecular formula is C75H99N19O19S3. The van der Waals surface area contributed by atoms with Crippen molar-refractivity contribution in [3.05, 3.63) is 102 Å². The van der Waals surface area contributed by atoms with E-state index in [1.165, 1.54) is 50.0 Å². The molecule has 38 nitrogen and oxygen atoms in total. The van der Waals surface area contributed by atoms with Gasteiger partial charge in [0.2, 0.25) is 88.6 Å². The first kappa shape index (κ1) is 90.2. The van der Waals surface area contributed by atoms with E-state index in [4.69, 9.17) is 11.5 Å². The maximum Gasteiger partial charge on any atom is 0.305 e. The number of Topliss-reactive ketones (excluding diaryl/α,β-unsaturated/α-hetero) is 1. The number of hydrogen-bond donors (Lipinski definition) is 19. The summed E-state index contributed by atoms with van der Waals surface area (Å²) in [6.45, 7) is 6.77. The molecule has 3 aliphatic rings. The average Bonchev–Trinajstić information content (AvgIpc) is 1.65. The summed E-state index contributed by atoms with van der Waals surface area (Å²) < 4.78 is 0. The van der Waals surface area contributed by atoms with Crippen molar-refractivity contribution in [2.75, 3.05) is 30.1 Å². The van der Waals surface area contributed by atoms with E-state index in [1.54, 1.807) is 80.2 Å². The number of nitrogens with two attached hydrogens (primary N) is 2. The molecule has 41 heteroatoms. The Morgan fingerprint density at radius 2 is 1.22 bits per heavy atom. The summed E-state index contributed by atoms with van der Waals surface area (Å²) in [5, 5.41) is 53.2. The van der Waals surface area contributed by atoms with Gasteiger partial charge in [-0.1, -0.05) is 84.3 Å². The highest BCUT2D eigenvalue weighted by Crippen LogP contribution is 2.28. The van der Waals surface area contributed by atoms with Gasteiger partial charge in [-0.3, -0.25) is 81.5 Å². The Hall–Kier alpha value is -11.3. The third kappa shape index (κ3) is 25.3. The van der Waals surface area contributed by atoms with E-state index in [1.807, 2.05) is 0 Å². The van der Waals surface area contributed by atoms with Gasteiger partial charge in [-0.25, -0.2) is 4.98 Å². The van der Waals surface area contributed by atoms with Crippen LogP contribution in [0.25, 0.3) is 21.8 Å². The second kappa shape index (κ2) is 42.9. The number of carboxylic acids is 1. The number of aliphatic carboxylic acids is 1. The number of H-pyrrole nitrogens is 3. The molecule has 15 amide bonds. The summed E-state index contributed by atoms with van der Waals surface area (Å²) in [5.41, 5.74) is 14.3. The van der Waals surface area contributed by atoms with Gasteiger partial charge in [0.25, 0.3) is 0 Å². The Balaban J connectivity index is 1.17. The SMILES string of the molecule is CC[C@H](C)[C@H](NC(=O)[C@@H](NC(=O)[C@H](Cc1c[nH]c2ccccc12)NC(=O)[C@H](CCSC)NC(C)=O)[C@@H](C)O)C(=O)N[C@H]1CSSC[C@@H](C(=O)N[C@@H](Cc2c[nH]c3ccccc23)C(=O)N2CCC[C@H]2C(N)=O)NC(=O)[C@H](CC(=O)O)NC(=O)[C@H](Cc2cnc[nH]2)NC(=O)[C@H](C)NC(=O)[C@H](CC(N)=O)NC(=O)[C@H](CC(=O)C2=CCC2)NC1=O.